The molecule has 0 unspecified atom stereocenters. The summed E-state index contributed by atoms with van der Waals surface area (Å²) >= 11 is 0. The molecule has 2 saturated heterocycles. The van der Waals surface area contributed by atoms with Gasteiger partial charge in [0, 0.05) is 64.6 Å². The maximum absolute atomic E-state index is 12.8. The Bertz CT molecular complexity index is 640. The van der Waals surface area contributed by atoms with Crippen LogP contribution in [-0.4, -0.2) is 87.5 Å². The third-order valence-electron chi connectivity index (χ3n) is 5.32. The van der Waals surface area contributed by atoms with Gasteiger partial charge in [0.05, 0.1) is 13.2 Å². The molecule has 0 radical (unpaired) electrons. The fourth-order valence-electron chi connectivity index (χ4n) is 3.66. The third-order valence-corrected chi connectivity index (χ3v) is 5.32. The van der Waals surface area contributed by atoms with E-state index >= 15 is 0 Å². The maximum Gasteiger partial charge on any atom is 0.270 e. The Hall–Kier alpha value is -1.77. The van der Waals surface area contributed by atoms with Gasteiger partial charge in [0.1, 0.15) is 5.69 Å². The average molecular weight is 377 g/mol. The number of amides is 1. The first kappa shape index (κ1) is 20.0. The molecule has 2 aliphatic rings. The second kappa shape index (κ2) is 8.95. The monoisotopic (exact) mass is 377 g/mol. The highest BCUT2D eigenvalue weighted by Gasteiger charge is 2.35. The van der Waals surface area contributed by atoms with Crippen molar-refractivity contribution < 1.29 is 14.3 Å². The van der Waals surface area contributed by atoms with Gasteiger partial charge in [0.2, 0.25) is 5.95 Å². The molecule has 1 aromatic rings. The number of carbonyl (C=O) groups is 1. The van der Waals surface area contributed by atoms with Crippen LogP contribution in [0.4, 0.5) is 5.95 Å². The molecular formula is C19H31N5O3. The molecule has 0 aliphatic carbocycles. The van der Waals surface area contributed by atoms with Crippen molar-refractivity contribution in [3.05, 3.63) is 17.5 Å². The molecule has 8 nitrogen and oxygen atoms in total. The normalized spacial score (nSPS) is 20.3. The van der Waals surface area contributed by atoms with Crippen LogP contribution in [0.1, 0.15) is 29.0 Å². The zero-order chi connectivity index (χ0) is 19.3. The molecule has 150 valence electrons. The summed E-state index contributed by atoms with van der Waals surface area (Å²) in [6, 6.07) is 1.74. The summed E-state index contributed by atoms with van der Waals surface area (Å²) < 4.78 is 11.0. The van der Waals surface area contributed by atoms with Gasteiger partial charge in [-0.25, -0.2) is 9.97 Å². The smallest absolute Gasteiger partial charge is 0.270 e. The van der Waals surface area contributed by atoms with Gasteiger partial charge in [0.15, 0.2) is 0 Å². The van der Waals surface area contributed by atoms with Crippen LogP contribution in [0.25, 0.3) is 0 Å². The van der Waals surface area contributed by atoms with Gasteiger partial charge in [0.25, 0.3) is 5.91 Å². The van der Waals surface area contributed by atoms with Crippen molar-refractivity contribution in [3.63, 3.8) is 0 Å². The van der Waals surface area contributed by atoms with Crippen molar-refractivity contribution >= 4 is 11.9 Å². The van der Waals surface area contributed by atoms with Crippen LogP contribution in [0.3, 0.4) is 0 Å². The predicted molar refractivity (Wildman–Crippen MR) is 103 cm³/mol. The lowest BCUT2D eigenvalue weighted by Crippen LogP contribution is -2.50. The van der Waals surface area contributed by atoms with E-state index in [1.54, 1.807) is 6.07 Å². The van der Waals surface area contributed by atoms with E-state index in [2.05, 4.69) is 20.2 Å². The van der Waals surface area contributed by atoms with Crippen LogP contribution < -0.4 is 10.2 Å². The highest BCUT2D eigenvalue weighted by molar-refractivity contribution is 5.92. The summed E-state index contributed by atoms with van der Waals surface area (Å²) in [6.45, 7) is 8.44. The van der Waals surface area contributed by atoms with Crippen LogP contribution in [-0.2, 0) is 9.47 Å². The molecule has 0 aromatic carbocycles. The second-order valence-electron chi connectivity index (χ2n) is 7.77. The number of anilines is 1. The zero-order valence-corrected chi connectivity index (χ0v) is 16.7. The summed E-state index contributed by atoms with van der Waals surface area (Å²) in [7, 11) is 3.74. The SMILES string of the molecule is Cc1cc(C(=O)NCC2(CN3CCOCC3)CCOCC2)nc(N(C)C)n1. The third kappa shape index (κ3) is 5.37. The van der Waals surface area contributed by atoms with E-state index in [1.165, 1.54) is 0 Å². The fourth-order valence-corrected chi connectivity index (χ4v) is 3.66. The number of hydrogen-bond acceptors (Lipinski definition) is 7. The molecule has 3 rings (SSSR count). The molecule has 1 aromatic heterocycles. The fraction of sp³-hybridized carbons (Fsp3) is 0.737. The van der Waals surface area contributed by atoms with Gasteiger partial charge in [-0.15, -0.1) is 0 Å². The molecule has 1 amide bonds. The molecule has 0 saturated carbocycles. The maximum atomic E-state index is 12.8. The van der Waals surface area contributed by atoms with E-state index in [4.69, 9.17) is 9.47 Å². The summed E-state index contributed by atoms with van der Waals surface area (Å²) in [6.07, 6.45) is 1.91. The van der Waals surface area contributed by atoms with Gasteiger partial charge in [-0.2, -0.15) is 0 Å². The first-order valence-corrected chi connectivity index (χ1v) is 9.67. The number of rotatable bonds is 6. The lowest BCUT2D eigenvalue weighted by molar-refractivity contribution is -0.0283. The number of nitrogens with one attached hydrogen (secondary N) is 1. The number of aryl methyl sites for hydroxylation is 1. The second-order valence-corrected chi connectivity index (χ2v) is 7.77. The largest absolute Gasteiger partial charge is 0.381 e. The molecule has 1 N–H and O–H groups in total. The van der Waals surface area contributed by atoms with E-state index in [-0.39, 0.29) is 11.3 Å². The van der Waals surface area contributed by atoms with Gasteiger partial charge in [-0.05, 0) is 25.8 Å². The number of morpholine rings is 1. The summed E-state index contributed by atoms with van der Waals surface area (Å²) in [4.78, 5) is 25.8. The zero-order valence-electron chi connectivity index (χ0n) is 16.7. The first-order valence-electron chi connectivity index (χ1n) is 9.67. The first-order chi connectivity index (χ1) is 13.0. The molecule has 3 heterocycles. The molecule has 2 aliphatic heterocycles. The van der Waals surface area contributed by atoms with E-state index in [9.17, 15) is 4.79 Å². The number of hydrogen-bond donors (Lipinski definition) is 1. The van der Waals surface area contributed by atoms with Crippen molar-refractivity contribution in [1.82, 2.24) is 20.2 Å². The minimum Gasteiger partial charge on any atom is -0.381 e. The highest BCUT2D eigenvalue weighted by Crippen LogP contribution is 2.31. The number of carbonyl (C=O) groups excluding carboxylic acids is 1. The topological polar surface area (TPSA) is 79.8 Å². The lowest BCUT2D eigenvalue weighted by atomic mass is 9.79. The Balaban J connectivity index is 1.66. The lowest BCUT2D eigenvalue weighted by Gasteiger charge is -2.42. The van der Waals surface area contributed by atoms with E-state index in [0.717, 1.165) is 64.6 Å². The van der Waals surface area contributed by atoms with E-state index < -0.39 is 0 Å². The highest BCUT2D eigenvalue weighted by atomic mass is 16.5. The summed E-state index contributed by atoms with van der Waals surface area (Å²) in [5.74, 6) is 0.408. The molecule has 8 heteroatoms. The van der Waals surface area contributed by atoms with Crippen LogP contribution >= 0.6 is 0 Å². The number of aromatic nitrogens is 2. The van der Waals surface area contributed by atoms with Crippen LogP contribution in [0.2, 0.25) is 0 Å². The van der Waals surface area contributed by atoms with Crippen LogP contribution in [0, 0.1) is 12.3 Å². The van der Waals surface area contributed by atoms with Crippen molar-refractivity contribution in [3.8, 4) is 0 Å². The Labute approximate surface area is 161 Å². The molecular weight excluding hydrogens is 346 g/mol. The van der Waals surface area contributed by atoms with Crippen molar-refractivity contribution in [2.24, 2.45) is 5.41 Å². The van der Waals surface area contributed by atoms with Crippen molar-refractivity contribution in [2.45, 2.75) is 19.8 Å². The predicted octanol–water partition coefficient (Wildman–Crippen LogP) is 0.710. The average Bonchev–Trinajstić information content (AvgIpc) is 2.67. The molecule has 0 bridgehead atoms. The molecule has 27 heavy (non-hydrogen) atoms. The Morgan fingerprint density at radius 1 is 1.19 bits per heavy atom. The minimum atomic E-state index is -0.142. The van der Waals surface area contributed by atoms with Gasteiger partial charge in [-0.1, -0.05) is 0 Å². The quantitative estimate of drug-likeness (QED) is 0.782. The van der Waals surface area contributed by atoms with Crippen molar-refractivity contribution in [1.29, 1.82) is 0 Å². The molecule has 0 atom stereocenters. The van der Waals surface area contributed by atoms with E-state index in [1.807, 2.05) is 25.9 Å². The number of ether oxygens (including phenoxy) is 2. The number of nitrogens with zero attached hydrogens (tertiary/aromatic N) is 4. The summed E-state index contributed by atoms with van der Waals surface area (Å²) in [5.41, 5.74) is 1.24. The van der Waals surface area contributed by atoms with Crippen LogP contribution in [0.15, 0.2) is 6.07 Å². The van der Waals surface area contributed by atoms with Gasteiger partial charge < -0.3 is 19.7 Å². The Morgan fingerprint density at radius 2 is 1.85 bits per heavy atom. The summed E-state index contributed by atoms with van der Waals surface area (Å²) in [5, 5.41) is 3.13. The minimum absolute atomic E-state index is 0.0394. The Morgan fingerprint density at radius 3 is 2.52 bits per heavy atom. The van der Waals surface area contributed by atoms with Gasteiger partial charge >= 0.3 is 0 Å². The Kier molecular flexibility index (Phi) is 6.62. The van der Waals surface area contributed by atoms with E-state index in [0.29, 0.717) is 18.2 Å². The van der Waals surface area contributed by atoms with Gasteiger partial charge in [-0.3, -0.25) is 9.69 Å². The molecule has 0 spiro atoms. The molecule has 2 fully saturated rings. The standard InChI is InChI=1S/C19H31N5O3/c1-15-12-16(22-18(21-15)23(2)3)17(25)20-13-19(4-8-26-9-5-19)14-24-6-10-27-11-7-24/h12H,4-11,13-14H2,1-3H3,(H,20,25). The van der Waals surface area contributed by atoms with Crippen molar-refractivity contribution in [2.75, 3.05) is 71.6 Å². The van der Waals surface area contributed by atoms with Crippen LogP contribution in [0.5, 0.6) is 0 Å².